The molecule has 0 radical (unpaired) electrons. The van der Waals surface area contributed by atoms with E-state index in [1.165, 1.54) is 19.8 Å². The van der Waals surface area contributed by atoms with Gasteiger partial charge >= 0.3 is 5.97 Å². The first-order chi connectivity index (χ1) is 20.1. The number of phenols is 1. The maximum Gasteiger partial charge on any atom is 0.303 e. The Balaban J connectivity index is 1.36. The molecule has 1 heterocycles. The molecule has 1 saturated heterocycles. The number of hydrogen-bond donors (Lipinski definition) is 2. The van der Waals surface area contributed by atoms with E-state index >= 15 is 0 Å². The van der Waals surface area contributed by atoms with Gasteiger partial charge in [0.1, 0.15) is 12.3 Å². The average Bonchev–Trinajstić information content (AvgIpc) is 3.76. The van der Waals surface area contributed by atoms with Crippen molar-refractivity contribution in [1.29, 1.82) is 0 Å². The lowest BCUT2D eigenvalue weighted by molar-refractivity contribution is -0.945. The summed E-state index contributed by atoms with van der Waals surface area (Å²) in [6, 6.07) is 21.4. The van der Waals surface area contributed by atoms with E-state index in [1.807, 2.05) is 48.5 Å². The molecule has 0 bridgehead atoms. The fraction of sp³-hybridized carbons (Fsp3) is 0.500. The lowest BCUT2D eigenvalue weighted by Crippen LogP contribution is -2.74. The number of fused-ring (bicyclic) bond motifs is 2. The summed E-state index contributed by atoms with van der Waals surface area (Å²) < 4.78 is 7.53. The zero-order valence-corrected chi connectivity index (χ0v) is 25.3. The summed E-state index contributed by atoms with van der Waals surface area (Å²) in [6.45, 7) is 10.1. The molecule has 3 aliphatic rings. The number of amides is 1. The molecular formula is C36H45N2O4+. The Morgan fingerprint density at radius 2 is 1.79 bits per heavy atom. The fourth-order valence-corrected chi connectivity index (χ4v) is 8.48. The van der Waals surface area contributed by atoms with Crippen LogP contribution in [0.2, 0.25) is 0 Å². The smallest absolute Gasteiger partial charge is 0.303 e. The topological polar surface area (TPSA) is 75.6 Å². The molecule has 3 fully saturated rings. The Bertz CT molecular complexity index is 1480. The Hall–Kier alpha value is -3.38. The summed E-state index contributed by atoms with van der Waals surface area (Å²) in [4.78, 5) is 26.5. The minimum atomic E-state index is -0.709. The monoisotopic (exact) mass is 569 g/mol. The number of nitrogens with one attached hydrogen (secondary N) is 1. The van der Waals surface area contributed by atoms with Crippen LogP contribution < -0.4 is 5.32 Å². The van der Waals surface area contributed by atoms with Gasteiger partial charge in [-0.2, -0.15) is 0 Å². The van der Waals surface area contributed by atoms with Crippen LogP contribution in [0.4, 0.5) is 0 Å². The molecule has 6 heteroatoms. The van der Waals surface area contributed by atoms with Gasteiger partial charge in [-0.25, -0.2) is 0 Å². The molecule has 2 N–H and O–H groups in total. The van der Waals surface area contributed by atoms with Crippen LogP contribution in [0.5, 0.6) is 5.75 Å². The molecule has 3 aromatic rings. The van der Waals surface area contributed by atoms with E-state index in [1.54, 1.807) is 6.07 Å². The highest BCUT2D eigenvalue weighted by molar-refractivity contribution is 5.98. The van der Waals surface area contributed by atoms with Gasteiger partial charge in [-0.15, -0.1) is 0 Å². The number of phenolic OH excluding ortho intramolecular Hbond substituents is 1. The van der Waals surface area contributed by atoms with Crippen LogP contribution in [0, 0.1) is 11.8 Å². The summed E-state index contributed by atoms with van der Waals surface area (Å²) >= 11 is 0. The molecule has 6 nitrogen and oxygen atoms in total. The normalized spacial score (nSPS) is 29.2. The molecule has 6 rings (SSSR count). The number of rotatable bonds is 8. The summed E-state index contributed by atoms with van der Waals surface area (Å²) in [7, 11) is 0. The van der Waals surface area contributed by atoms with Gasteiger partial charge in [0, 0.05) is 42.2 Å². The summed E-state index contributed by atoms with van der Waals surface area (Å²) in [5.41, 5.74) is 0.428. The summed E-state index contributed by atoms with van der Waals surface area (Å²) in [5.74, 6) is 1.17. The van der Waals surface area contributed by atoms with Crippen molar-refractivity contribution < 1.29 is 23.9 Å². The first-order valence-corrected chi connectivity index (χ1v) is 15.7. The SMILES string of the molecule is CC(=O)OC12CC[C@@H](NC(=O)c3ccc4ccccc4c3)C[C@@]1(c1cccc(O)c1)CC[N@+](CC(C)C)(CC1CC1)C2. The lowest BCUT2D eigenvalue weighted by atomic mass is 9.54. The maximum absolute atomic E-state index is 13.6. The van der Waals surface area contributed by atoms with Gasteiger partial charge in [0.15, 0.2) is 5.60 Å². The number of piperidine rings is 1. The fourth-order valence-electron chi connectivity index (χ4n) is 8.48. The predicted octanol–water partition coefficient (Wildman–Crippen LogP) is 6.35. The van der Waals surface area contributed by atoms with Gasteiger partial charge in [0.2, 0.25) is 0 Å². The Kier molecular flexibility index (Phi) is 7.55. The van der Waals surface area contributed by atoms with Crippen LogP contribution in [-0.4, -0.2) is 59.3 Å². The zero-order chi connectivity index (χ0) is 29.5. The molecule has 1 aliphatic heterocycles. The molecule has 2 aliphatic carbocycles. The Morgan fingerprint density at radius 1 is 1.00 bits per heavy atom. The molecule has 1 amide bonds. The van der Waals surface area contributed by atoms with Crippen LogP contribution in [0.3, 0.4) is 0 Å². The lowest BCUT2D eigenvalue weighted by Gasteiger charge is -2.62. The van der Waals surface area contributed by atoms with Crippen LogP contribution in [0.1, 0.15) is 75.2 Å². The molecule has 3 aromatic carbocycles. The van der Waals surface area contributed by atoms with Crippen molar-refractivity contribution in [3.63, 3.8) is 0 Å². The highest BCUT2D eigenvalue weighted by Gasteiger charge is 2.65. The number of benzene rings is 3. The second-order valence-corrected chi connectivity index (χ2v) is 13.9. The maximum atomic E-state index is 13.6. The number of ether oxygens (including phenoxy) is 1. The van der Waals surface area contributed by atoms with Gasteiger partial charge in [-0.1, -0.05) is 56.3 Å². The summed E-state index contributed by atoms with van der Waals surface area (Å²) in [5, 5.41) is 16.1. The minimum absolute atomic E-state index is 0.0775. The highest BCUT2D eigenvalue weighted by Crippen LogP contribution is 2.56. The Morgan fingerprint density at radius 3 is 2.50 bits per heavy atom. The minimum Gasteiger partial charge on any atom is -0.508 e. The van der Waals surface area contributed by atoms with E-state index in [9.17, 15) is 14.7 Å². The van der Waals surface area contributed by atoms with Crippen LogP contribution in [0.15, 0.2) is 66.7 Å². The number of nitrogens with zero attached hydrogens (tertiary/aromatic N) is 1. The molecule has 0 spiro atoms. The third kappa shape index (κ3) is 5.54. The van der Waals surface area contributed by atoms with E-state index in [0.717, 1.165) is 65.8 Å². The van der Waals surface area contributed by atoms with Crippen molar-refractivity contribution in [1.82, 2.24) is 5.32 Å². The van der Waals surface area contributed by atoms with E-state index in [-0.39, 0.29) is 23.7 Å². The van der Waals surface area contributed by atoms with E-state index < -0.39 is 11.0 Å². The number of likely N-dealkylation sites (tertiary alicyclic amines) is 1. The van der Waals surface area contributed by atoms with Crippen LogP contribution in [-0.2, 0) is 14.9 Å². The molecule has 0 aromatic heterocycles. The van der Waals surface area contributed by atoms with Crippen LogP contribution in [0.25, 0.3) is 10.8 Å². The Labute approximate surface area is 249 Å². The number of quaternary nitrogens is 1. The van der Waals surface area contributed by atoms with E-state index in [0.29, 0.717) is 24.3 Å². The second-order valence-electron chi connectivity index (χ2n) is 13.9. The molecule has 4 atom stereocenters. The number of esters is 1. The highest BCUT2D eigenvalue weighted by atomic mass is 16.6. The second kappa shape index (κ2) is 11.0. The largest absolute Gasteiger partial charge is 0.508 e. The molecule has 1 unspecified atom stereocenters. The van der Waals surface area contributed by atoms with Crippen molar-refractivity contribution in [2.45, 2.75) is 76.4 Å². The van der Waals surface area contributed by atoms with Crippen molar-refractivity contribution in [3.8, 4) is 5.75 Å². The zero-order valence-electron chi connectivity index (χ0n) is 25.3. The molecular weight excluding hydrogens is 524 g/mol. The van der Waals surface area contributed by atoms with Gasteiger partial charge in [0.05, 0.1) is 19.6 Å². The number of aromatic hydroxyl groups is 1. The number of hydrogen-bond acceptors (Lipinski definition) is 4. The number of carbonyl (C=O) groups excluding carboxylic acids is 2. The van der Waals surface area contributed by atoms with Crippen molar-refractivity contribution >= 4 is 22.6 Å². The van der Waals surface area contributed by atoms with Gasteiger partial charge in [-0.3, -0.25) is 9.59 Å². The molecule has 222 valence electrons. The van der Waals surface area contributed by atoms with Crippen molar-refractivity contribution in [3.05, 3.63) is 77.9 Å². The average molecular weight is 570 g/mol. The standard InChI is InChI=1S/C36H44N2O4/c1-25(2)22-38(23-27-11-12-27)18-17-35(31-9-6-10-33(40)20-31)21-32(15-16-36(35,24-38)42-26(3)39)37-34(41)30-14-13-28-7-4-5-8-29(28)19-30/h4-10,13-14,19-20,25,27,32H,11-12,15-18,21-24H2,1-3H3,(H-,37,40,41)/p+1/t32-,35-,36?,38+/m1/s1. The quantitative estimate of drug-likeness (QED) is 0.245. The van der Waals surface area contributed by atoms with Crippen LogP contribution >= 0.6 is 0 Å². The van der Waals surface area contributed by atoms with Crippen molar-refractivity contribution in [2.75, 3.05) is 26.2 Å². The molecule has 42 heavy (non-hydrogen) atoms. The third-order valence-electron chi connectivity index (χ3n) is 10.1. The van der Waals surface area contributed by atoms with Gasteiger partial charge in [-0.05, 0) is 72.7 Å². The predicted molar refractivity (Wildman–Crippen MR) is 165 cm³/mol. The van der Waals surface area contributed by atoms with Gasteiger partial charge < -0.3 is 19.6 Å². The first kappa shape index (κ1) is 28.7. The van der Waals surface area contributed by atoms with Crippen molar-refractivity contribution in [2.24, 2.45) is 11.8 Å². The third-order valence-corrected chi connectivity index (χ3v) is 10.1. The van der Waals surface area contributed by atoms with E-state index in [2.05, 4.69) is 31.3 Å². The molecule has 2 saturated carbocycles. The summed E-state index contributed by atoms with van der Waals surface area (Å²) in [6.07, 6.45) is 5.49. The first-order valence-electron chi connectivity index (χ1n) is 15.7. The van der Waals surface area contributed by atoms with E-state index in [4.69, 9.17) is 4.74 Å². The number of carbonyl (C=O) groups is 2. The van der Waals surface area contributed by atoms with Gasteiger partial charge in [0.25, 0.3) is 5.91 Å².